The number of halogens is 1. The van der Waals surface area contributed by atoms with E-state index in [1.54, 1.807) is 22.7 Å². The van der Waals surface area contributed by atoms with Crippen LogP contribution in [-0.4, -0.2) is 44.6 Å². The first kappa shape index (κ1) is 17.7. The van der Waals surface area contributed by atoms with Crippen LogP contribution in [0.25, 0.3) is 0 Å². The molecule has 3 heterocycles. The van der Waals surface area contributed by atoms with Gasteiger partial charge in [-0.3, -0.25) is 9.59 Å². The van der Waals surface area contributed by atoms with Crippen LogP contribution >= 0.6 is 22.9 Å². The summed E-state index contributed by atoms with van der Waals surface area (Å²) < 4.78 is 0. The molecule has 1 aliphatic heterocycles. The minimum Gasteiger partial charge on any atom is -0.336 e. The van der Waals surface area contributed by atoms with E-state index in [4.69, 9.17) is 11.6 Å². The van der Waals surface area contributed by atoms with E-state index in [-0.39, 0.29) is 18.1 Å². The van der Waals surface area contributed by atoms with E-state index < -0.39 is 0 Å². The summed E-state index contributed by atoms with van der Waals surface area (Å²) >= 11 is 7.07. The highest BCUT2D eigenvalue weighted by Gasteiger charge is 2.29. The monoisotopic (exact) mass is 376 g/mol. The Morgan fingerprint density at radius 2 is 2.16 bits per heavy atom. The van der Waals surface area contributed by atoms with Crippen LogP contribution in [-0.2, 0) is 17.6 Å². The third-order valence-corrected chi connectivity index (χ3v) is 5.11. The second-order valence-electron chi connectivity index (χ2n) is 5.92. The Morgan fingerprint density at radius 1 is 1.40 bits per heavy atom. The lowest BCUT2D eigenvalue weighted by molar-refractivity contribution is -0.114. The molecule has 0 aliphatic carbocycles. The molecule has 2 aromatic rings. The molecule has 0 bridgehead atoms. The third kappa shape index (κ3) is 4.49. The van der Waals surface area contributed by atoms with Gasteiger partial charge in [-0.1, -0.05) is 18.2 Å². The molecule has 3 rings (SSSR count). The zero-order valence-corrected chi connectivity index (χ0v) is 15.1. The molecule has 0 unspecified atom stereocenters. The van der Waals surface area contributed by atoms with Gasteiger partial charge in [-0.05, 0) is 18.4 Å². The first-order valence-electron chi connectivity index (χ1n) is 7.90. The second-order valence-corrected chi connectivity index (χ2v) is 7.21. The van der Waals surface area contributed by atoms with E-state index in [2.05, 4.69) is 21.5 Å². The van der Waals surface area contributed by atoms with Gasteiger partial charge in [0.1, 0.15) is 5.82 Å². The maximum absolute atomic E-state index is 12.6. The Hall–Kier alpha value is -2.12. The zero-order valence-electron chi connectivity index (χ0n) is 13.5. The van der Waals surface area contributed by atoms with Crippen LogP contribution in [0.2, 0.25) is 5.02 Å². The molecule has 0 saturated carbocycles. The first-order chi connectivity index (χ1) is 12.0. The van der Waals surface area contributed by atoms with E-state index in [9.17, 15) is 9.59 Å². The van der Waals surface area contributed by atoms with Gasteiger partial charge in [0.15, 0.2) is 10.8 Å². The smallest absolute Gasteiger partial charge is 0.282 e. The van der Waals surface area contributed by atoms with E-state index in [0.29, 0.717) is 34.7 Å². The van der Waals surface area contributed by atoms with Crippen molar-refractivity contribution in [1.82, 2.24) is 19.9 Å². The van der Waals surface area contributed by atoms with Gasteiger partial charge >= 0.3 is 0 Å². The molecule has 130 valence electrons. The van der Waals surface area contributed by atoms with E-state index in [0.717, 1.165) is 18.7 Å². The fourth-order valence-corrected chi connectivity index (χ4v) is 3.64. The van der Waals surface area contributed by atoms with Crippen LogP contribution in [0.4, 0.5) is 0 Å². The van der Waals surface area contributed by atoms with Crippen molar-refractivity contribution in [2.45, 2.75) is 19.3 Å². The van der Waals surface area contributed by atoms with Gasteiger partial charge in [0.25, 0.3) is 5.91 Å². The van der Waals surface area contributed by atoms with Gasteiger partial charge in [0, 0.05) is 37.3 Å². The highest BCUT2D eigenvalue weighted by Crippen LogP contribution is 2.23. The number of ketones is 1. The molecule has 8 heteroatoms. The lowest BCUT2D eigenvalue weighted by atomic mass is 10.0. The molecule has 6 nitrogen and oxygen atoms in total. The van der Waals surface area contributed by atoms with Crippen molar-refractivity contribution in [3.63, 3.8) is 0 Å². The quantitative estimate of drug-likeness (QED) is 0.724. The number of hydrogen-bond donors (Lipinski definition) is 0. The number of nitrogens with zero attached hydrogens (tertiary/aromatic N) is 4. The molecule has 0 radical (unpaired) electrons. The molecule has 0 aromatic carbocycles. The van der Waals surface area contributed by atoms with Crippen molar-refractivity contribution in [3.8, 4) is 0 Å². The average molecular weight is 377 g/mol. The summed E-state index contributed by atoms with van der Waals surface area (Å²) in [5.41, 5.74) is 0.614. The summed E-state index contributed by atoms with van der Waals surface area (Å²) in [7, 11) is 0. The van der Waals surface area contributed by atoms with Crippen molar-refractivity contribution in [2.24, 2.45) is 5.92 Å². The predicted octanol–water partition coefficient (Wildman–Crippen LogP) is 2.59. The highest BCUT2D eigenvalue weighted by molar-refractivity contribution is 7.11. The molecule has 1 amide bonds. The average Bonchev–Trinajstić information content (AvgIpc) is 3.26. The molecule has 0 N–H and O–H groups in total. The molecular weight excluding hydrogens is 360 g/mol. The Kier molecular flexibility index (Phi) is 5.55. The van der Waals surface area contributed by atoms with E-state index in [1.807, 2.05) is 0 Å². The van der Waals surface area contributed by atoms with Crippen LogP contribution in [0, 0.1) is 5.92 Å². The Morgan fingerprint density at radius 3 is 2.88 bits per heavy atom. The van der Waals surface area contributed by atoms with Gasteiger partial charge in [-0.25, -0.2) is 15.0 Å². The fraction of sp³-hybridized carbons (Fsp3) is 0.353. The van der Waals surface area contributed by atoms with Crippen LogP contribution < -0.4 is 0 Å². The topological polar surface area (TPSA) is 76.1 Å². The molecule has 2 aromatic heterocycles. The van der Waals surface area contributed by atoms with Crippen molar-refractivity contribution in [3.05, 3.63) is 52.0 Å². The van der Waals surface area contributed by atoms with E-state index in [1.165, 1.54) is 17.4 Å². The molecule has 25 heavy (non-hydrogen) atoms. The van der Waals surface area contributed by atoms with Crippen molar-refractivity contribution < 1.29 is 9.59 Å². The van der Waals surface area contributed by atoms with Gasteiger partial charge in [0.2, 0.25) is 0 Å². The van der Waals surface area contributed by atoms with Crippen molar-refractivity contribution >= 4 is 34.6 Å². The van der Waals surface area contributed by atoms with Crippen LogP contribution in [0.15, 0.2) is 30.4 Å². The summed E-state index contributed by atoms with van der Waals surface area (Å²) in [4.78, 5) is 38.5. The van der Waals surface area contributed by atoms with Crippen LogP contribution in [0.3, 0.4) is 0 Å². The first-order valence-corrected chi connectivity index (χ1v) is 9.16. The number of likely N-dealkylation sites (tertiary alicyclic amines) is 1. The molecule has 1 atom stereocenters. The number of hydrogen-bond acceptors (Lipinski definition) is 6. The van der Waals surface area contributed by atoms with Gasteiger partial charge < -0.3 is 4.90 Å². The minimum absolute atomic E-state index is 0.0816. The molecular formula is C17H17ClN4O2S. The summed E-state index contributed by atoms with van der Waals surface area (Å²) in [6, 6.07) is 0. The molecule has 1 fully saturated rings. The van der Waals surface area contributed by atoms with Gasteiger partial charge in [0.05, 0.1) is 17.1 Å². The number of rotatable bonds is 6. The summed E-state index contributed by atoms with van der Waals surface area (Å²) in [5.74, 6) is 0.880. The molecule has 1 saturated heterocycles. The number of carbonyl (C=O) groups excluding carboxylic acids is 2. The molecule has 0 spiro atoms. The molecule has 1 aliphatic rings. The SMILES string of the molecule is C=CC(=O)Cc1csc(C(=O)N2CC[C@@H](Cc3ncc(Cl)cn3)C2)n1. The maximum atomic E-state index is 12.6. The Bertz CT molecular complexity index is 790. The highest BCUT2D eigenvalue weighted by atomic mass is 35.5. The van der Waals surface area contributed by atoms with Gasteiger partial charge in [-0.15, -0.1) is 11.3 Å². The number of aromatic nitrogens is 3. The third-order valence-electron chi connectivity index (χ3n) is 4.04. The minimum atomic E-state index is -0.103. The Balaban J connectivity index is 1.58. The van der Waals surface area contributed by atoms with Crippen LogP contribution in [0.1, 0.15) is 27.7 Å². The van der Waals surface area contributed by atoms with Crippen molar-refractivity contribution in [1.29, 1.82) is 0 Å². The standard InChI is InChI=1S/C17H17ClN4O2S/c1-2-14(23)6-13-10-25-16(21-13)17(24)22-4-3-11(9-22)5-15-19-7-12(18)8-20-15/h2,7-8,10-11H,1,3-6,9H2/t11-/m0/s1. The number of allylic oxidation sites excluding steroid dienone is 1. The summed E-state index contributed by atoms with van der Waals surface area (Å²) in [6.07, 6.45) is 6.25. The van der Waals surface area contributed by atoms with Crippen LogP contribution in [0.5, 0.6) is 0 Å². The number of thiazole rings is 1. The second kappa shape index (κ2) is 7.84. The normalized spacial score (nSPS) is 16.8. The fourth-order valence-electron chi connectivity index (χ4n) is 2.76. The van der Waals surface area contributed by atoms with Gasteiger partial charge in [-0.2, -0.15) is 0 Å². The summed E-state index contributed by atoms with van der Waals surface area (Å²) in [5, 5.41) is 2.70. The lowest BCUT2D eigenvalue weighted by Gasteiger charge is -2.14. The van der Waals surface area contributed by atoms with Crippen molar-refractivity contribution in [2.75, 3.05) is 13.1 Å². The number of amides is 1. The zero-order chi connectivity index (χ0) is 17.8. The summed E-state index contributed by atoms with van der Waals surface area (Å²) in [6.45, 7) is 4.79. The number of carbonyl (C=O) groups is 2. The predicted molar refractivity (Wildman–Crippen MR) is 95.8 cm³/mol. The maximum Gasteiger partial charge on any atom is 0.282 e. The lowest BCUT2D eigenvalue weighted by Crippen LogP contribution is -2.29. The largest absolute Gasteiger partial charge is 0.336 e. The Labute approximate surface area is 154 Å². The van der Waals surface area contributed by atoms with E-state index >= 15 is 0 Å².